The van der Waals surface area contributed by atoms with Crippen LogP contribution in [0.25, 0.3) is 0 Å². The first-order valence-corrected chi connectivity index (χ1v) is 7.59. The molecule has 0 aliphatic rings. The van der Waals surface area contributed by atoms with Crippen LogP contribution in [0.2, 0.25) is 0 Å². The van der Waals surface area contributed by atoms with Crippen LogP contribution in [0.15, 0.2) is 24.3 Å². The van der Waals surface area contributed by atoms with Gasteiger partial charge >= 0.3 is 0 Å². The Labute approximate surface area is 123 Å². The van der Waals surface area contributed by atoms with Crippen LogP contribution in [0.5, 0.6) is 0 Å². The number of likely N-dealkylation sites (N-methyl/N-ethyl adjacent to an activating group) is 2. The first-order valence-electron chi connectivity index (χ1n) is 7.59. The Bertz CT molecular complexity index is 380. The molecule has 0 aliphatic carbocycles. The Kier molecular flexibility index (Phi) is 7.59. The third-order valence-electron chi connectivity index (χ3n) is 3.79. The molecule has 0 aromatic heterocycles. The van der Waals surface area contributed by atoms with Gasteiger partial charge in [0.25, 0.3) is 0 Å². The summed E-state index contributed by atoms with van der Waals surface area (Å²) in [4.78, 5) is 4.48. The number of benzene rings is 1. The highest BCUT2D eigenvalue weighted by Crippen LogP contribution is 2.11. The van der Waals surface area contributed by atoms with Gasteiger partial charge in [-0.3, -0.25) is 4.90 Å². The molecule has 0 bridgehead atoms. The van der Waals surface area contributed by atoms with Crippen molar-refractivity contribution in [3.05, 3.63) is 29.8 Å². The van der Waals surface area contributed by atoms with Crippen LogP contribution >= 0.6 is 0 Å². The van der Waals surface area contributed by atoms with Crippen molar-refractivity contribution < 1.29 is 5.11 Å². The van der Waals surface area contributed by atoms with Gasteiger partial charge in [-0.2, -0.15) is 0 Å². The number of anilines is 1. The van der Waals surface area contributed by atoms with Crippen molar-refractivity contribution in [1.82, 2.24) is 9.80 Å². The normalized spacial score (nSPS) is 13.1. The number of nitrogen functional groups attached to an aromatic ring is 1. The van der Waals surface area contributed by atoms with E-state index in [1.165, 1.54) is 0 Å². The Morgan fingerprint density at radius 2 is 1.80 bits per heavy atom. The molecule has 1 aromatic rings. The molecule has 0 heterocycles. The van der Waals surface area contributed by atoms with E-state index in [2.05, 4.69) is 30.6 Å². The highest BCUT2D eigenvalue weighted by molar-refractivity contribution is 5.40. The van der Waals surface area contributed by atoms with E-state index in [0.717, 1.165) is 44.0 Å². The second-order valence-corrected chi connectivity index (χ2v) is 5.09. The molecule has 0 spiro atoms. The maximum atomic E-state index is 10.4. The zero-order chi connectivity index (χ0) is 15.0. The largest absolute Gasteiger partial charge is 0.399 e. The van der Waals surface area contributed by atoms with Crippen molar-refractivity contribution in [2.24, 2.45) is 0 Å². The average molecular weight is 279 g/mol. The van der Waals surface area contributed by atoms with Crippen molar-refractivity contribution >= 4 is 5.69 Å². The minimum absolute atomic E-state index is 0.447. The summed E-state index contributed by atoms with van der Waals surface area (Å²) in [5, 5.41) is 10.4. The summed E-state index contributed by atoms with van der Waals surface area (Å²) in [5.74, 6) is 0. The minimum Gasteiger partial charge on any atom is -0.399 e. The molecule has 4 nitrogen and oxygen atoms in total. The van der Waals surface area contributed by atoms with E-state index in [1.54, 1.807) is 0 Å². The fraction of sp³-hybridized carbons (Fsp3) is 0.625. The monoisotopic (exact) mass is 279 g/mol. The fourth-order valence-electron chi connectivity index (χ4n) is 2.39. The summed E-state index contributed by atoms with van der Waals surface area (Å²) >= 11 is 0. The Morgan fingerprint density at radius 1 is 1.10 bits per heavy atom. The lowest BCUT2D eigenvalue weighted by atomic mass is 10.1. The van der Waals surface area contributed by atoms with Crippen LogP contribution in [0.4, 0.5) is 5.69 Å². The van der Waals surface area contributed by atoms with Gasteiger partial charge in [-0.1, -0.05) is 32.9 Å². The molecule has 0 amide bonds. The van der Waals surface area contributed by atoms with Gasteiger partial charge in [0.15, 0.2) is 0 Å². The summed E-state index contributed by atoms with van der Waals surface area (Å²) in [6, 6.07) is 7.75. The molecule has 0 radical (unpaired) electrons. The molecule has 114 valence electrons. The van der Waals surface area contributed by atoms with Crippen molar-refractivity contribution in [2.75, 3.05) is 38.5 Å². The molecule has 0 fully saturated rings. The van der Waals surface area contributed by atoms with E-state index in [9.17, 15) is 5.11 Å². The molecule has 1 aromatic carbocycles. The van der Waals surface area contributed by atoms with Gasteiger partial charge in [-0.25, -0.2) is 0 Å². The zero-order valence-corrected chi connectivity index (χ0v) is 13.0. The molecule has 1 atom stereocenters. The summed E-state index contributed by atoms with van der Waals surface area (Å²) in [5.41, 5.74) is 7.61. The number of nitrogens with two attached hydrogens (primary N) is 1. The van der Waals surface area contributed by atoms with Crippen molar-refractivity contribution in [1.29, 1.82) is 0 Å². The second-order valence-electron chi connectivity index (χ2n) is 5.09. The molecule has 3 N–H and O–H groups in total. The molecular weight excluding hydrogens is 250 g/mol. The Hall–Kier alpha value is -1.10. The third kappa shape index (κ3) is 5.49. The smallest absolute Gasteiger partial charge is 0.111 e. The van der Waals surface area contributed by atoms with Gasteiger partial charge < -0.3 is 15.7 Å². The summed E-state index contributed by atoms with van der Waals surface area (Å²) in [7, 11) is 0. The lowest BCUT2D eigenvalue weighted by molar-refractivity contribution is 0.00289. The number of aliphatic hydroxyl groups excluding tert-OH is 1. The minimum atomic E-state index is -0.447. The van der Waals surface area contributed by atoms with E-state index in [0.29, 0.717) is 6.42 Å². The molecular formula is C16H29N3O. The number of aliphatic hydroxyl groups is 1. The lowest BCUT2D eigenvalue weighted by Crippen LogP contribution is -2.42. The summed E-state index contributed by atoms with van der Waals surface area (Å²) < 4.78 is 0. The first kappa shape index (κ1) is 17.0. The SMILES string of the molecule is CCN(CC)CCN(CC)C(O)Cc1cccc(N)c1. The molecule has 0 aliphatic heterocycles. The number of nitrogens with zero attached hydrogens (tertiary/aromatic N) is 2. The molecule has 1 unspecified atom stereocenters. The maximum absolute atomic E-state index is 10.4. The number of rotatable bonds is 9. The van der Waals surface area contributed by atoms with Gasteiger partial charge in [0.1, 0.15) is 6.23 Å². The highest BCUT2D eigenvalue weighted by Gasteiger charge is 2.15. The molecule has 20 heavy (non-hydrogen) atoms. The van der Waals surface area contributed by atoms with Gasteiger partial charge in [0.2, 0.25) is 0 Å². The molecule has 1 rings (SSSR count). The second kappa shape index (κ2) is 8.95. The van der Waals surface area contributed by atoms with E-state index < -0.39 is 6.23 Å². The lowest BCUT2D eigenvalue weighted by Gasteiger charge is -2.29. The number of hydrogen-bond donors (Lipinski definition) is 2. The van der Waals surface area contributed by atoms with Crippen molar-refractivity contribution in [3.63, 3.8) is 0 Å². The predicted molar refractivity (Wildman–Crippen MR) is 85.6 cm³/mol. The van der Waals surface area contributed by atoms with Crippen LogP contribution in [-0.4, -0.2) is 53.9 Å². The molecule has 0 saturated carbocycles. The summed E-state index contributed by atoms with van der Waals surface area (Å²) in [6.07, 6.45) is 0.175. The summed E-state index contributed by atoms with van der Waals surface area (Å²) in [6.45, 7) is 11.3. The maximum Gasteiger partial charge on any atom is 0.111 e. The average Bonchev–Trinajstić information content (AvgIpc) is 2.43. The van der Waals surface area contributed by atoms with Gasteiger partial charge in [0.05, 0.1) is 0 Å². The van der Waals surface area contributed by atoms with Gasteiger partial charge in [0, 0.05) is 25.2 Å². The van der Waals surface area contributed by atoms with Crippen molar-refractivity contribution in [2.45, 2.75) is 33.4 Å². The van der Waals surface area contributed by atoms with Crippen LogP contribution < -0.4 is 5.73 Å². The standard InChI is InChI=1S/C16H29N3O/c1-4-18(5-2)10-11-19(6-3)16(20)13-14-8-7-9-15(17)12-14/h7-9,12,16,20H,4-6,10-11,13,17H2,1-3H3. The van der Waals surface area contributed by atoms with Gasteiger partial charge in [-0.15, -0.1) is 0 Å². The third-order valence-corrected chi connectivity index (χ3v) is 3.79. The Balaban J connectivity index is 2.51. The van der Waals surface area contributed by atoms with Crippen LogP contribution in [-0.2, 0) is 6.42 Å². The van der Waals surface area contributed by atoms with Gasteiger partial charge in [-0.05, 0) is 37.3 Å². The van der Waals surface area contributed by atoms with Crippen LogP contribution in [0, 0.1) is 0 Å². The van der Waals surface area contributed by atoms with E-state index >= 15 is 0 Å². The van der Waals surface area contributed by atoms with Crippen LogP contribution in [0.3, 0.4) is 0 Å². The van der Waals surface area contributed by atoms with E-state index in [4.69, 9.17) is 5.73 Å². The Morgan fingerprint density at radius 3 is 2.35 bits per heavy atom. The molecule has 4 heteroatoms. The zero-order valence-electron chi connectivity index (χ0n) is 13.0. The van der Waals surface area contributed by atoms with Crippen LogP contribution in [0.1, 0.15) is 26.3 Å². The van der Waals surface area contributed by atoms with E-state index in [-0.39, 0.29) is 0 Å². The van der Waals surface area contributed by atoms with Crippen molar-refractivity contribution in [3.8, 4) is 0 Å². The number of hydrogen-bond acceptors (Lipinski definition) is 4. The van der Waals surface area contributed by atoms with E-state index in [1.807, 2.05) is 24.3 Å². The highest BCUT2D eigenvalue weighted by atomic mass is 16.3. The molecule has 0 saturated heterocycles. The predicted octanol–water partition coefficient (Wildman–Crippen LogP) is 1.79. The quantitative estimate of drug-likeness (QED) is 0.534. The fourth-order valence-corrected chi connectivity index (χ4v) is 2.39. The topological polar surface area (TPSA) is 52.7 Å². The first-order chi connectivity index (χ1) is 9.60.